The van der Waals surface area contributed by atoms with Gasteiger partial charge in [-0.3, -0.25) is 9.59 Å². The predicted octanol–water partition coefficient (Wildman–Crippen LogP) is 3.83. The van der Waals surface area contributed by atoms with Gasteiger partial charge in [-0.1, -0.05) is 18.6 Å². The number of benzene rings is 1. The largest absolute Gasteiger partial charge is 0.481 e. The molecule has 0 aromatic heterocycles. The third-order valence-corrected chi connectivity index (χ3v) is 4.48. The van der Waals surface area contributed by atoms with Crippen LogP contribution >= 0.6 is 0 Å². The van der Waals surface area contributed by atoms with Crippen LogP contribution in [0.5, 0.6) is 0 Å². The molecule has 0 aliphatic heterocycles. The van der Waals surface area contributed by atoms with Crippen molar-refractivity contribution in [2.45, 2.75) is 44.3 Å². The molecule has 1 aromatic rings. The van der Waals surface area contributed by atoms with Crippen LogP contribution in [-0.4, -0.2) is 23.2 Å². The summed E-state index contributed by atoms with van der Waals surface area (Å²) in [6.45, 7) is 0. The molecule has 2 N–H and O–H groups in total. The molecule has 1 aliphatic rings. The molecule has 3 atom stereocenters. The number of halogens is 4. The molecule has 1 aliphatic carbocycles. The Kier molecular flexibility index (Phi) is 6.02. The molecule has 0 spiro atoms. The Morgan fingerprint density at radius 1 is 1.20 bits per heavy atom. The van der Waals surface area contributed by atoms with Gasteiger partial charge in [-0.05, 0) is 37.0 Å². The van der Waals surface area contributed by atoms with E-state index in [1.807, 2.05) is 0 Å². The first kappa shape index (κ1) is 19.2. The van der Waals surface area contributed by atoms with Gasteiger partial charge in [0.25, 0.3) is 0 Å². The van der Waals surface area contributed by atoms with Crippen LogP contribution < -0.4 is 5.32 Å². The molecular weight excluding hydrogens is 342 g/mol. The van der Waals surface area contributed by atoms with Gasteiger partial charge in [0.2, 0.25) is 5.91 Å². The molecule has 4 nitrogen and oxygen atoms in total. The second-order valence-corrected chi connectivity index (χ2v) is 6.31. The maximum atomic E-state index is 13.0. The lowest BCUT2D eigenvalue weighted by atomic mass is 9.80. The maximum absolute atomic E-state index is 13.0. The number of nitrogens with one attached hydrogen (secondary N) is 1. The summed E-state index contributed by atoms with van der Waals surface area (Å²) < 4.78 is 51.6. The summed E-state index contributed by atoms with van der Waals surface area (Å²) in [7, 11) is 0. The Bertz CT molecular complexity index is 615. The van der Waals surface area contributed by atoms with Gasteiger partial charge in [0.15, 0.2) is 0 Å². The fourth-order valence-electron chi connectivity index (χ4n) is 3.14. The quantitative estimate of drug-likeness (QED) is 0.784. The highest BCUT2D eigenvalue weighted by Crippen LogP contribution is 2.40. The van der Waals surface area contributed by atoms with Crippen molar-refractivity contribution in [3.63, 3.8) is 0 Å². The summed E-state index contributed by atoms with van der Waals surface area (Å²) in [5.41, 5.74) is 0.389. The predicted molar refractivity (Wildman–Crippen MR) is 81.0 cm³/mol. The monoisotopic (exact) mass is 361 g/mol. The third-order valence-electron chi connectivity index (χ3n) is 4.48. The molecule has 3 unspecified atom stereocenters. The lowest BCUT2D eigenvalue weighted by Gasteiger charge is -2.30. The fraction of sp³-hybridized carbons (Fsp3) is 0.529. The first-order valence-corrected chi connectivity index (χ1v) is 8.01. The number of amides is 1. The van der Waals surface area contributed by atoms with E-state index < -0.39 is 48.2 Å². The van der Waals surface area contributed by atoms with E-state index in [1.54, 1.807) is 0 Å². The van der Waals surface area contributed by atoms with Crippen molar-refractivity contribution in [2.75, 3.05) is 0 Å². The zero-order valence-corrected chi connectivity index (χ0v) is 13.4. The number of hydrogen-bond donors (Lipinski definition) is 2. The number of carbonyl (C=O) groups excluding carboxylic acids is 1. The lowest BCUT2D eigenvalue weighted by molar-refractivity contribution is -0.186. The van der Waals surface area contributed by atoms with Gasteiger partial charge in [-0.2, -0.15) is 13.2 Å². The molecule has 0 bridgehead atoms. The van der Waals surface area contributed by atoms with Crippen molar-refractivity contribution >= 4 is 11.9 Å². The third kappa shape index (κ3) is 5.44. The van der Waals surface area contributed by atoms with Gasteiger partial charge in [0.1, 0.15) is 5.82 Å². The molecule has 0 heterocycles. The summed E-state index contributed by atoms with van der Waals surface area (Å²) in [6, 6.07) is 4.05. The van der Waals surface area contributed by atoms with Crippen LogP contribution in [0.2, 0.25) is 0 Å². The van der Waals surface area contributed by atoms with E-state index in [0.29, 0.717) is 18.4 Å². The van der Waals surface area contributed by atoms with Crippen LogP contribution in [0.1, 0.15) is 43.7 Å². The highest BCUT2D eigenvalue weighted by Gasteiger charge is 2.43. The zero-order chi connectivity index (χ0) is 18.6. The number of rotatable bonds is 5. The van der Waals surface area contributed by atoms with Crippen molar-refractivity contribution in [1.82, 2.24) is 5.32 Å². The number of carboxylic acid groups (broad SMARTS) is 1. The van der Waals surface area contributed by atoms with E-state index >= 15 is 0 Å². The van der Waals surface area contributed by atoms with Crippen molar-refractivity contribution in [1.29, 1.82) is 0 Å². The molecular formula is C17H19F4NO3. The van der Waals surface area contributed by atoms with Crippen LogP contribution in [0.25, 0.3) is 0 Å². The maximum Gasteiger partial charge on any atom is 0.391 e. The molecule has 1 saturated carbocycles. The Labute approximate surface area is 142 Å². The standard InChI is InChI=1S/C17H19F4NO3/c18-13-6-4-10(5-7-13)14(9-15(23)24)22-16(25)11-2-1-3-12(8-11)17(19,20)21/h4-7,11-12,14H,1-3,8-9H2,(H,22,25)(H,23,24). The second kappa shape index (κ2) is 7.84. The molecule has 1 fully saturated rings. The van der Waals surface area contributed by atoms with E-state index in [9.17, 15) is 27.2 Å². The minimum atomic E-state index is -4.34. The Morgan fingerprint density at radius 2 is 1.84 bits per heavy atom. The molecule has 25 heavy (non-hydrogen) atoms. The van der Waals surface area contributed by atoms with E-state index in [2.05, 4.69) is 5.32 Å². The van der Waals surface area contributed by atoms with Crippen LogP contribution in [-0.2, 0) is 9.59 Å². The van der Waals surface area contributed by atoms with E-state index in [1.165, 1.54) is 12.1 Å². The number of hydrogen-bond acceptors (Lipinski definition) is 2. The minimum absolute atomic E-state index is 0.00377. The molecule has 138 valence electrons. The van der Waals surface area contributed by atoms with Crippen LogP contribution in [0.15, 0.2) is 24.3 Å². The SMILES string of the molecule is O=C(O)CC(NC(=O)C1CCCC(C(F)(F)F)C1)c1ccc(F)cc1. The Morgan fingerprint density at radius 3 is 2.40 bits per heavy atom. The van der Waals surface area contributed by atoms with Crippen molar-refractivity contribution in [3.8, 4) is 0 Å². The van der Waals surface area contributed by atoms with Crippen LogP contribution in [0.4, 0.5) is 17.6 Å². The summed E-state index contributed by atoms with van der Waals surface area (Å²) in [5, 5.41) is 11.5. The molecule has 2 rings (SSSR count). The second-order valence-electron chi connectivity index (χ2n) is 6.31. The molecule has 0 radical (unpaired) electrons. The Balaban J connectivity index is 2.08. The number of carboxylic acids is 1. The first-order valence-electron chi connectivity index (χ1n) is 8.01. The van der Waals surface area contributed by atoms with E-state index in [-0.39, 0.29) is 12.8 Å². The van der Waals surface area contributed by atoms with Gasteiger partial charge in [-0.15, -0.1) is 0 Å². The van der Waals surface area contributed by atoms with Gasteiger partial charge < -0.3 is 10.4 Å². The van der Waals surface area contributed by atoms with Gasteiger partial charge in [0, 0.05) is 5.92 Å². The van der Waals surface area contributed by atoms with Gasteiger partial charge in [0.05, 0.1) is 18.4 Å². The minimum Gasteiger partial charge on any atom is -0.481 e. The van der Waals surface area contributed by atoms with Crippen LogP contribution in [0.3, 0.4) is 0 Å². The highest BCUT2D eigenvalue weighted by molar-refractivity contribution is 5.80. The normalized spacial score (nSPS) is 22.2. The fourth-order valence-corrected chi connectivity index (χ4v) is 3.14. The smallest absolute Gasteiger partial charge is 0.391 e. The molecule has 0 saturated heterocycles. The number of aliphatic carboxylic acids is 1. The highest BCUT2D eigenvalue weighted by atomic mass is 19.4. The molecule has 1 amide bonds. The van der Waals surface area contributed by atoms with Gasteiger partial charge >= 0.3 is 12.1 Å². The zero-order valence-electron chi connectivity index (χ0n) is 13.4. The van der Waals surface area contributed by atoms with Crippen molar-refractivity contribution < 1.29 is 32.3 Å². The average molecular weight is 361 g/mol. The average Bonchev–Trinajstić information content (AvgIpc) is 2.54. The summed E-state index contributed by atoms with van der Waals surface area (Å²) >= 11 is 0. The Hall–Kier alpha value is -2.12. The number of alkyl halides is 3. The first-order chi connectivity index (χ1) is 11.7. The summed E-state index contributed by atoms with van der Waals surface area (Å²) in [6.07, 6.45) is -4.43. The number of carbonyl (C=O) groups is 2. The topological polar surface area (TPSA) is 66.4 Å². The summed E-state index contributed by atoms with van der Waals surface area (Å²) in [4.78, 5) is 23.4. The molecule has 8 heteroatoms. The van der Waals surface area contributed by atoms with E-state index in [0.717, 1.165) is 12.1 Å². The van der Waals surface area contributed by atoms with Crippen molar-refractivity contribution in [3.05, 3.63) is 35.6 Å². The van der Waals surface area contributed by atoms with E-state index in [4.69, 9.17) is 5.11 Å². The molecule has 1 aromatic carbocycles. The van der Waals surface area contributed by atoms with Crippen molar-refractivity contribution in [2.24, 2.45) is 11.8 Å². The van der Waals surface area contributed by atoms with Gasteiger partial charge in [-0.25, -0.2) is 4.39 Å². The van der Waals surface area contributed by atoms with Crippen LogP contribution in [0, 0.1) is 17.7 Å². The lowest BCUT2D eigenvalue weighted by Crippen LogP contribution is -2.39. The summed E-state index contributed by atoms with van der Waals surface area (Å²) in [5.74, 6) is -4.60.